The first-order valence-corrected chi connectivity index (χ1v) is 5.53. The van der Waals surface area contributed by atoms with Crippen molar-refractivity contribution in [1.82, 2.24) is 6.15 Å². The summed E-state index contributed by atoms with van der Waals surface area (Å²) < 4.78 is 0. The van der Waals surface area contributed by atoms with Gasteiger partial charge in [0.15, 0.2) is 0 Å². The molecule has 0 radical (unpaired) electrons. The summed E-state index contributed by atoms with van der Waals surface area (Å²) in [6.45, 7) is 0. The molecule has 0 amide bonds. The fraction of sp³-hybridized carbons (Fsp3) is 1.00. The van der Waals surface area contributed by atoms with Gasteiger partial charge in [0.1, 0.15) is 0 Å². The minimum atomic E-state index is 0. The van der Waals surface area contributed by atoms with Crippen LogP contribution in [0, 0.1) is 5.92 Å². The van der Waals surface area contributed by atoms with Crippen LogP contribution in [0.25, 0.3) is 0 Å². The van der Waals surface area contributed by atoms with E-state index in [1.165, 1.54) is 51.4 Å². The van der Waals surface area contributed by atoms with Crippen LogP contribution in [-0.4, -0.2) is 5.88 Å². The maximum atomic E-state index is 5.62. The summed E-state index contributed by atoms with van der Waals surface area (Å²) in [7, 11) is 0. The van der Waals surface area contributed by atoms with Gasteiger partial charge in [-0.15, -0.1) is 11.6 Å². The maximum Gasteiger partial charge on any atom is 0.0223 e. The van der Waals surface area contributed by atoms with Crippen LogP contribution in [0.5, 0.6) is 0 Å². The Morgan fingerprint density at radius 3 is 2.25 bits per heavy atom. The van der Waals surface area contributed by atoms with Crippen molar-refractivity contribution in [3.8, 4) is 0 Å². The van der Waals surface area contributed by atoms with E-state index in [1.54, 1.807) is 0 Å². The molecule has 1 aliphatic carbocycles. The van der Waals surface area contributed by atoms with Crippen LogP contribution in [0.2, 0.25) is 0 Å². The molecule has 0 atom stereocenters. The number of alkyl halides is 1. The third-order valence-corrected chi connectivity index (χ3v) is 2.99. The lowest BCUT2D eigenvalue weighted by atomic mass is 9.86. The first-order valence-electron chi connectivity index (χ1n) is 4.99. The molecule has 12 heavy (non-hydrogen) atoms. The number of unbranched alkanes of at least 4 members (excludes halogenated alkanes) is 1. The third kappa shape index (κ3) is 5.00. The van der Waals surface area contributed by atoms with Gasteiger partial charge in [0, 0.05) is 5.88 Å². The van der Waals surface area contributed by atoms with Gasteiger partial charge in [-0.05, 0) is 12.3 Å². The summed E-state index contributed by atoms with van der Waals surface area (Å²) in [6, 6.07) is 0. The van der Waals surface area contributed by atoms with E-state index < -0.39 is 0 Å². The highest BCUT2D eigenvalue weighted by Gasteiger charge is 2.11. The molecule has 0 unspecified atom stereocenters. The van der Waals surface area contributed by atoms with E-state index in [9.17, 15) is 0 Å². The third-order valence-electron chi connectivity index (χ3n) is 2.72. The first-order chi connectivity index (χ1) is 5.43. The minimum Gasteiger partial charge on any atom is -0.344 e. The zero-order valence-electron chi connectivity index (χ0n) is 8.03. The van der Waals surface area contributed by atoms with E-state index in [1.807, 2.05) is 0 Å². The average Bonchev–Trinajstić information content (AvgIpc) is 2.07. The van der Waals surface area contributed by atoms with Crippen molar-refractivity contribution in [2.45, 2.75) is 51.4 Å². The normalized spacial score (nSPS) is 18.8. The van der Waals surface area contributed by atoms with Crippen LogP contribution in [0.3, 0.4) is 0 Å². The van der Waals surface area contributed by atoms with Crippen molar-refractivity contribution in [2.75, 3.05) is 5.88 Å². The van der Waals surface area contributed by atoms with E-state index in [0.29, 0.717) is 0 Å². The van der Waals surface area contributed by atoms with E-state index in [-0.39, 0.29) is 6.15 Å². The van der Waals surface area contributed by atoms with E-state index in [0.717, 1.165) is 11.8 Å². The second kappa shape index (κ2) is 7.88. The summed E-state index contributed by atoms with van der Waals surface area (Å²) in [4.78, 5) is 0. The Morgan fingerprint density at radius 2 is 1.67 bits per heavy atom. The van der Waals surface area contributed by atoms with Gasteiger partial charge in [-0.1, -0.05) is 44.9 Å². The second-order valence-corrected chi connectivity index (χ2v) is 4.07. The lowest BCUT2D eigenvalue weighted by molar-refractivity contribution is 0.331. The number of hydrogen-bond acceptors (Lipinski definition) is 1. The zero-order chi connectivity index (χ0) is 7.94. The van der Waals surface area contributed by atoms with Gasteiger partial charge in [0.05, 0.1) is 0 Å². The van der Waals surface area contributed by atoms with Gasteiger partial charge < -0.3 is 6.15 Å². The molecule has 74 valence electrons. The highest BCUT2D eigenvalue weighted by Crippen LogP contribution is 2.27. The van der Waals surface area contributed by atoms with Crippen molar-refractivity contribution in [3.05, 3.63) is 0 Å². The van der Waals surface area contributed by atoms with Gasteiger partial charge >= 0.3 is 0 Å². The topological polar surface area (TPSA) is 35.0 Å². The molecule has 0 aromatic carbocycles. The fourth-order valence-electron chi connectivity index (χ4n) is 2.00. The van der Waals surface area contributed by atoms with Gasteiger partial charge in [-0.3, -0.25) is 0 Å². The van der Waals surface area contributed by atoms with Crippen molar-refractivity contribution in [1.29, 1.82) is 0 Å². The molecule has 2 heteroatoms. The standard InChI is InChI=1S/C10H19Cl.H3N/c11-9-5-4-8-10-6-2-1-3-7-10;/h10H,1-9H2;1H3. The molecule has 0 spiro atoms. The van der Waals surface area contributed by atoms with Crippen molar-refractivity contribution in [3.63, 3.8) is 0 Å². The highest BCUT2D eigenvalue weighted by atomic mass is 35.5. The Kier molecular flexibility index (Phi) is 8.04. The van der Waals surface area contributed by atoms with E-state index in [4.69, 9.17) is 11.6 Å². The molecule has 3 N–H and O–H groups in total. The van der Waals surface area contributed by atoms with Crippen LogP contribution in [0.1, 0.15) is 51.4 Å². The minimum absolute atomic E-state index is 0. The molecule has 1 nitrogen and oxygen atoms in total. The predicted molar refractivity (Wildman–Crippen MR) is 56.2 cm³/mol. The summed E-state index contributed by atoms with van der Waals surface area (Å²) in [5, 5.41) is 0. The summed E-state index contributed by atoms with van der Waals surface area (Å²) >= 11 is 5.62. The Morgan fingerprint density at radius 1 is 1.00 bits per heavy atom. The molecule has 0 aliphatic heterocycles. The fourth-order valence-corrected chi connectivity index (χ4v) is 2.19. The van der Waals surface area contributed by atoms with Crippen LogP contribution in [0.15, 0.2) is 0 Å². The Bertz CT molecular complexity index is 89.8. The quantitative estimate of drug-likeness (QED) is 0.526. The van der Waals surface area contributed by atoms with Crippen LogP contribution in [0.4, 0.5) is 0 Å². The van der Waals surface area contributed by atoms with Crippen molar-refractivity contribution < 1.29 is 0 Å². The largest absolute Gasteiger partial charge is 0.344 e. The van der Waals surface area contributed by atoms with Gasteiger partial charge in [0.25, 0.3) is 0 Å². The Balaban J connectivity index is 0.00000121. The SMILES string of the molecule is ClCCCCC1CCCCC1.N. The van der Waals surface area contributed by atoms with Gasteiger partial charge in [-0.2, -0.15) is 0 Å². The molecule has 0 aromatic heterocycles. The molecule has 1 saturated carbocycles. The Labute approximate surface area is 81.5 Å². The molecule has 0 saturated heterocycles. The summed E-state index contributed by atoms with van der Waals surface area (Å²) in [5.41, 5.74) is 0. The maximum absolute atomic E-state index is 5.62. The molecule has 1 aliphatic rings. The van der Waals surface area contributed by atoms with Crippen LogP contribution >= 0.6 is 11.6 Å². The van der Waals surface area contributed by atoms with E-state index >= 15 is 0 Å². The Hall–Kier alpha value is 0.250. The number of hydrogen-bond donors (Lipinski definition) is 1. The van der Waals surface area contributed by atoms with Crippen LogP contribution in [-0.2, 0) is 0 Å². The molecule has 1 rings (SSSR count). The lowest BCUT2D eigenvalue weighted by Crippen LogP contribution is -2.05. The molecule has 0 aromatic rings. The second-order valence-electron chi connectivity index (χ2n) is 3.69. The smallest absolute Gasteiger partial charge is 0.0223 e. The summed E-state index contributed by atoms with van der Waals surface area (Å²) in [5.74, 6) is 1.90. The first kappa shape index (κ1) is 12.2. The monoisotopic (exact) mass is 191 g/mol. The predicted octanol–water partition coefficient (Wildman–Crippen LogP) is 4.14. The molecule has 0 bridgehead atoms. The van der Waals surface area contributed by atoms with Gasteiger partial charge in [-0.25, -0.2) is 0 Å². The lowest BCUT2D eigenvalue weighted by Gasteiger charge is -2.20. The molecular formula is C10H22ClN. The zero-order valence-corrected chi connectivity index (χ0v) is 8.78. The van der Waals surface area contributed by atoms with Crippen LogP contribution < -0.4 is 6.15 Å². The average molecular weight is 192 g/mol. The molecular weight excluding hydrogens is 170 g/mol. The molecule has 1 fully saturated rings. The van der Waals surface area contributed by atoms with Gasteiger partial charge in [0.2, 0.25) is 0 Å². The number of halogens is 1. The highest BCUT2D eigenvalue weighted by molar-refractivity contribution is 6.17. The van der Waals surface area contributed by atoms with E-state index in [2.05, 4.69) is 0 Å². The summed E-state index contributed by atoms with van der Waals surface area (Å²) in [6.07, 6.45) is 11.4. The number of rotatable bonds is 4. The van der Waals surface area contributed by atoms with Crippen molar-refractivity contribution >= 4 is 11.6 Å². The molecule has 0 heterocycles. The van der Waals surface area contributed by atoms with Crippen molar-refractivity contribution in [2.24, 2.45) is 5.92 Å².